The Hall–Kier alpha value is -3.81. The van der Waals surface area contributed by atoms with Gasteiger partial charge in [0.2, 0.25) is 0 Å². The topological polar surface area (TPSA) is 99.9 Å². The number of benzene rings is 2. The number of hydrogen-bond acceptors (Lipinski definition) is 7. The fourth-order valence-corrected chi connectivity index (χ4v) is 2.30. The molecule has 2 aromatic carbocycles. The first kappa shape index (κ1) is 19.9. The van der Waals surface area contributed by atoms with Crippen molar-refractivity contribution in [2.45, 2.75) is 20.0 Å². The summed E-state index contributed by atoms with van der Waals surface area (Å²) in [5, 5.41) is 6.27. The SMILES string of the molecule is Cc1cc(OCC(=O)O[C@@H](C)C(=O)Nc2ccc(Oc3ccccc3)cc2)no1. The van der Waals surface area contributed by atoms with Crippen molar-refractivity contribution in [3.63, 3.8) is 0 Å². The molecule has 0 unspecified atom stereocenters. The van der Waals surface area contributed by atoms with Gasteiger partial charge in [0.1, 0.15) is 17.3 Å². The van der Waals surface area contributed by atoms with E-state index in [1.54, 1.807) is 31.2 Å². The Morgan fingerprint density at radius 2 is 1.76 bits per heavy atom. The monoisotopic (exact) mass is 396 g/mol. The number of aromatic nitrogens is 1. The van der Waals surface area contributed by atoms with Crippen LogP contribution in [0.5, 0.6) is 17.4 Å². The van der Waals surface area contributed by atoms with E-state index in [0.29, 0.717) is 22.9 Å². The van der Waals surface area contributed by atoms with Gasteiger partial charge in [-0.25, -0.2) is 4.79 Å². The number of ether oxygens (including phenoxy) is 3. The van der Waals surface area contributed by atoms with Gasteiger partial charge in [-0.2, -0.15) is 0 Å². The molecular formula is C21H20N2O6. The Balaban J connectivity index is 1.45. The lowest BCUT2D eigenvalue weighted by Crippen LogP contribution is -2.31. The fraction of sp³-hybridized carbons (Fsp3) is 0.190. The number of rotatable bonds is 8. The molecule has 0 fully saturated rings. The van der Waals surface area contributed by atoms with E-state index in [2.05, 4.69) is 10.5 Å². The van der Waals surface area contributed by atoms with Gasteiger partial charge < -0.3 is 24.1 Å². The largest absolute Gasteiger partial charge is 0.463 e. The molecule has 3 aromatic rings. The van der Waals surface area contributed by atoms with Gasteiger partial charge >= 0.3 is 5.97 Å². The van der Waals surface area contributed by atoms with Gasteiger partial charge in [0, 0.05) is 11.8 Å². The summed E-state index contributed by atoms with van der Waals surface area (Å²) < 4.78 is 20.7. The van der Waals surface area contributed by atoms with E-state index in [-0.39, 0.29) is 12.5 Å². The van der Waals surface area contributed by atoms with Crippen molar-refractivity contribution in [1.82, 2.24) is 5.16 Å². The number of carbonyl (C=O) groups excluding carboxylic acids is 2. The molecule has 0 bridgehead atoms. The third-order valence-corrected chi connectivity index (χ3v) is 3.72. The zero-order chi connectivity index (χ0) is 20.6. The molecule has 0 radical (unpaired) electrons. The second kappa shape index (κ2) is 9.41. The van der Waals surface area contributed by atoms with Crippen LogP contribution in [0.25, 0.3) is 0 Å². The van der Waals surface area contributed by atoms with Gasteiger partial charge in [-0.1, -0.05) is 18.2 Å². The predicted octanol–water partition coefficient (Wildman–Crippen LogP) is 3.72. The Labute approximate surface area is 167 Å². The summed E-state index contributed by atoms with van der Waals surface area (Å²) in [5.74, 6) is 0.921. The molecule has 8 heteroatoms. The minimum atomic E-state index is -0.995. The van der Waals surface area contributed by atoms with Crippen molar-refractivity contribution < 1.29 is 28.3 Å². The van der Waals surface area contributed by atoms with Gasteiger partial charge in [0.05, 0.1) is 0 Å². The number of esters is 1. The van der Waals surface area contributed by atoms with Crippen molar-refractivity contribution in [2.24, 2.45) is 0 Å². The molecular weight excluding hydrogens is 376 g/mol. The molecule has 1 N–H and O–H groups in total. The van der Waals surface area contributed by atoms with Gasteiger partial charge in [-0.05, 0) is 55.4 Å². The molecule has 0 spiro atoms. The van der Waals surface area contributed by atoms with Crippen LogP contribution in [0.1, 0.15) is 12.7 Å². The highest BCUT2D eigenvalue weighted by Crippen LogP contribution is 2.22. The van der Waals surface area contributed by atoms with Crippen LogP contribution in [0, 0.1) is 6.92 Å². The van der Waals surface area contributed by atoms with Crippen LogP contribution in [0.3, 0.4) is 0 Å². The third-order valence-electron chi connectivity index (χ3n) is 3.72. The average molecular weight is 396 g/mol. The standard InChI is InChI=1S/C21H20N2O6/c1-14-12-19(23-29-14)26-13-20(24)27-15(2)21(25)22-16-8-10-18(11-9-16)28-17-6-4-3-5-7-17/h3-12,15H,13H2,1-2H3,(H,22,25)/t15-/m0/s1. The highest BCUT2D eigenvalue weighted by atomic mass is 16.6. The summed E-state index contributed by atoms with van der Waals surface area (Å²) >= 11 is 0. The third kappa shape index (κ3) is 6.10. The van der Waals surface area contributed by atoms with E-state index in [4.69, 9.17) is 18.7 Å². The Morgan fingerprint density at radius 1 is 1.07 bits per heavy atom. The lowest BCUT2D eigenvalue weighted by Gasteiger charge is -2.14. The minimum absolute atomic E-state index is 0.175. The zero-order valence-corrected chi connectivity index (χ0v) is 16.0. The first-order valence-corrected chi connectivity index (χ1v) is 8.89. The first-order chi connectivity index (χ1) is 14.0. The summed E-state index contributed by atoms with van der Waals surface area (Å²) in [5.41, 5.74) is 0.549. The normalized spacial score (nSPS) is 11.4. The van der Waals surface area contributed by atoms with E-state index in [0.717, 1.165) is 0 Å². The van der Waals surface area contributed by atoms with E-state index < -0.39 is 18.0 Å². The molecule has 1 heterocycles. The summed E-state index contributed by atoms with van der Waals surface area (Å²) in [6.07, 6.45) is -0.995. The molecule has 1 atom stereocenters. The molecule has 0 saturated carbocycles. The Morgan fingerprint density at radius 3 is 2.41 bits per heavy atom. The number of hydrogen-bond donors (Lipinski definition) is 1. The number of aryl methyl sites for hydroxylation is 1. The van der Waals surface area contributed by atoms with Crippen molar-refractivity contribution in [2.75, 3.05) is 11.9 Å². The molecule has 1 aromatic heterocycles. The maximum Gasteiger partial charge on any atom is 0.345 e. The lowest BCUT2D eigenvalue weighted by atomic mass is 10.2. The number of carbonyl (C=O) groups is 2. The lowest BCUT2D eigenvalue weighted by molar-refractivity contribution is -0.155. The molecule has 150 valence electrons. The van der Waals surface area contributed by atoms with Crippen LogP contribution >= 0.6 is 0 Å². The van der Waals surface area contributed by atoms with E-state index in [1.807, 2.05) is 30.3 Å². The van der Waals surface area contributed by atoms with E-state index >= 15 is 0 Å². The van der Waals surface area contributed by atoms with Crippen molar-refractivity contribution in [3.05, 3.63) is 66.4 Å². The van der Waals surface area contributed by atoms with E-state index in [9.17, 15) is 9.59 Å². The van der Waals surface area contributed by atoms with Gasteiger partial charge in [-0.15, -0.1) is 0 Å². The molecule has 29 heavy (non-hydrogen) atoms. The number of nitrogens with one attached hydrogen (secondary N) is 1. The highest BCUT2D eigenvalue weighted by molar-refractivity contribution is 5.95. The number of para-hydroxylation sites is 1. The second-order valence-electron chi connectivity index (χ2n) is 6.13. The highest BCUT2D eigenvalue weighted by Gasteiger charge is 2.18. The maximum absolute atomic E-state index is 12.2. The van der Waals surface area contributed by atoms with Crippen LogP contribution in [0.2, 0.25) is 0 Å². The molecule has 0 aliphatic carbocycles. The molecule has 0 aliphatic heterocycles. The van der Waals surface area contributed by atoms with Gasteiger partial charge in [0.15, 0.2) is 12.7 Å². The van der Waals surface area contributed by atoms with Crippen molar-refractivity contribution in [1.29, 1.82) is 0 Å². The molecule has 0 saturated heterocycles. The van der Waals surface area contributed by atoms with Crippen molar-refractivity contribution >= 4 is 17.6 Å². The van der Waals surface area contributed by atoms with Crippen LogP contribution < -0.4 is 14.8 Å². The summed E-state index contributed by atoms with van der Waals surface area (Å²) in [6, 6.07) is 17.7. The Kier molecular flexibility index (Phi) is 6.47. The number of anilines is 1. The quantitative estimate of drug-likeness (QED) is 0.579. The smallest absolute Gasteiger partial charge is 0.345 e. The zero-order valence-electron chi connectivity index (χ0n) is 16.0. The summed E-state index contributed by atoms with van der Waals surface area (Å²) in [7, 11) is 0. The molecule has 1 amide bonds. The van der Waals surface area contributed by atoms with Crippen LogP contribution in [-0.2, 0) is 14.3 Å². The fourth-order valence-electron chi connectivity index (χ4n) is 2.30. The predicted molar refractivity (Wildman–Crippen MR) is 104 cm³/mol. The van der Waals surface area contributed by atoms with Crippen LogP contribution in [0.4, 0.5) is 5.69 Å². The number of nitrogens with zero attached hydrogens (tertiary/aromatic N) is 1. The van der Waals surface area contributed by atoms with Crippen molar-refractivity contribution in [3.8, 4) is 17.4 Å². The number of amides is 1. The van der Waals surface area contributed by atoms with Crippen LogP contribution in [0.15, 0.2) is 65.2 Å². The molecule has 8 nitrogen and oxygen atoms in total. The minimum Gasteiger partial charge on any atom is -0.463 e. The average Bonchev–Trinajstić information content (AvgIpc) is 3.14. The molecule has 3 rings (SSSR count). The first-order valence-electron chi connectivity index (χ1n) is 8.89. The molecule has 0 aliphatic rings. The van der Waals surface area contributed by atoms with Gasteiger partial charge in [-0.3, -0.25) is 4.79 Å². The Bertz CT molecular complexity index is 953. The van der Waals surface area contributed by atoms with Gasteiger partial charge in [0.25, 0.3) is 11.8 Å². The summed E-state index contributed by atoms with van der Waals surface area (Å²) in [6.45, 7) is 2.79. The summed E-state index contributed by atoms with van der Waals surface area (Å²) in [4.78, 5) is 24.0. The second-order valence-corrected chi connectivity index (χ2v) is 6.13. The maximum atomic E-state index is 12.2. The van der Waals surface area contributed by atoms with Crippen LogP contribution in [-0.4, -0.2) is 29.7 Å². The van der Waals surface area contributed by atoms with E-state index in [1.165, 1.54) is 13.0 Å².